The second-order valence-electron chi connectivity index (χ2n) is 7.07. The fraction of sp³-hybridized carbons (Fsp3) is 0.318. The van der Waals surface area contributed by atoms with Gasteiger partial charge >= 0.3 is 11.9 Å². The second kappa shape index (κ2) is 8.34. The molecule has 2 aromatic carbocycles. The summed E-state index contributed by atoms with van der Waals surface area (Å²) in [6.45, 7) is 3.79. The Bertz CT molecular complexity index is 915. The van der Waals surface area contributed by atoms with Crippen LogP contribution >= 0.6 is 0 Å². The molecule has 0 saturated carbocycles. The van der Waals surface area contributed by atoms with E-state index >= 15 is 0 Å². The standard InChI is InChI=1S/C22H23NO6/c1-14(2)13-22(20(24)28-16-8-6-5-7-9-16)21(25)29-19(23-22)15-10-17(26-3)12-18(11-15)27-4/h5-12,14H,13H2,1-4H3/t22-/m1/s1. The van der Waals surface area contributed by atoms with Gasteiger partial charge in [-0.2, -0.15) is 0 Å². The zero-order chi connectivity index (χ0) is 21.0. The predicted octanol–water partition coefficient (Wildman–Crippen LogP) is 3.40. The molecule has 7 nitrogen and oxygen atoms in total. The lowest BCUT2D eigenvalue weighted by atomic mass is 9.90. The maximum absolute atomic E-state index is 13.0. The Morgan fingerprint density at radius 1 is 1.03 bits per heavy atom. The number of rotatable bonds is 7. The maximum atomic E-state index is 13.0. The van der Waals surface area contributed by atoms with Crippen LogP contribution in [-0.4, -0.2) is 37.6 Å². The van der Waals surface area contributed by atoms with E-state index in [1.54, 1.807) is 48.5 Å². The SMILES string of the molecule is COc1cc(OC)cc(C2=N[C@](CC(C)C)(C(=O)Oc3ccccc3)C(=O)O2)c1. The highest BCUT2D eigenvalue weighted by atomic mass is 16.6. The number of aliphatic imine (C=N–C) groups is 1. The number of benzene rings is 2. The molecular formula is C22H23NO6. The van der Waals surface area contributed by atoms with Crippen molar-refractivity contribution in [3.05, 3.63) is 54.1 Å². The van der Waals surface area contributed by atoms with Gasteiger partial charge in [0.1, 0.15) is 17.2 Å². The van der Waals surface area contributed by atoms with Gasteiger partial charge in [-0.3, -0.25) is 0 Å². The van der Waals surface area contributed by atoms with Crippen molar-refractivity contribution in [1.29, 1.82) is 0 Å². The van der Waals surface area contributed by atoms with Crippen molar-refractivity contribution in [2.24, 2.45) is 10.9 Å². The summed E-state index contributed by atoms with van der Waals surface area (Å²) < 4.78 is 21.4. The molecule has 152 valence electrons. The summed E-state index contributed by atoms with van der Waals surface area (Å²) >= 11 is 0. The third kappa shape index (κ3) is 4.23. The number of nitrogens with zero attached hydrogens (tertiary/aromatic N) is 1. The van der Waals surface area contributed by atoms with E-state index in [4.69, 9.17) is 18.9 Å². The van der Waals surface area contributed by atoms with Crippen molar-refractivity contribution in [3.63, 3.8) is 0 Å². The Labute approximate surface area is 169 Å². The van der Waals surface area contributed by atoms with Gasteiger partial charge in [-0.15, -0.1) is 0 Å². The first kappa shape index (κ1) is 20.4. The fourth-order valence-corrected chi connectivity index (χ4v) is 3.08. The summed E-state index contributed by atoms with van der Waals surface area (Å²) in [5.74, 6) is -0.166. The van der Waals surface area contributed by atoms with Gasteiger partial charge < -0.3 is 18.9 Å². The van der Waals surface area contributed by atoms with Crippen LogP contribution in [0, 0.1) is 5.92 Å². The maximum Gasteiger partial charge on any atom is 0.352 e. The minimum atomic E-state index is -1.77. The molecule has 0 amide bonds. The average Bonchev–Trinajstić information content (AvgIpc) is 3.05. The monoisotopic (exact) mass is 397 g/mol. The molecule has 1 heterocycles. The molecule has 0 radical (unpaired) electrons. The first-order chi connectivity index (χ1) is 13.9. The fourth-order valence-electron chi connectivity index (χ4n) is 3.08. The quantitative estimate of drug-likeness (QED) is 0.405. The lowest BCUT2D eigenvalue weighted by molar-refractivity contribution is -0.152. The molecule has 0 saturated heterocycles. The van der Waals surface area contributed by atoms with Crippen molar-refractivity contribution >= 4 is 17.8 Å². The third-order valence-electron chi connectivity index (χ3n) is 4.41. The number of carbonyl (C=O) groups excluding carboxylic acids is 2. The Morgan fingerprint density at radius 3 is 2.21 bits per heavy atom. The van der Waals surface area contributed by atoms with E-state index in [0.29, 0.717) is 22.8 Å². The lowest BCUT2D eigenvalue weighted by Crippen LogP contribution is -2.46. The number of hydrogen-bond donors (Lipinski definition) is 0. The van der Waals surface area contributed by atoms with Gasteiger partial charge in [0.05, 0.1) is 14.2 Å². The number of carbonyl (C=O) groups is 2. The number of methoxy groups -OCH3 is 2. The van der Waals surface area contributed by atoms with Gasteiger partial charge in [0, 0.05) is 11.6 Å². The lowest BCUT2D eigenvalue weighted by Gasteiger charge is -2.21. The average molecular weight is 397 g/mol. The molecule has 1 aliphatic rings. The summed E-state index contributed by atoms with van der Waals surface area (Å²) in [5, 5.41) is 0. The molecule has 29 heavy (non-hydrogen) atoms. The summed E-state index contributed by atoms with van der Waals surface area (Å²) in [4.78, 5) is 30.3. The van der Waals surface area contributed by atoms with E-state index in [1.165, 1.54) is 14.2 Å². The highest BCUT2D eigenvalue weighted by Crippen LogP contribution is 2.33. The van der Waals surface area contributed by atoms with Crippen LogP contribution in [0.4, 0.5) is 0 Å². The van der Waals surface area contributed by atoms with Gasteiger partial charge in [0.2, 0.25) is 5.90 Å². The van der Waals surface area contributed by atoms with Gasteiger partial charge in [0.15, 0.2) is 0 Å². The molecule has 1 atom stereocenters. The second-order valence-corrected chi connectivity index (χ2v) is 7.07. The third-order valence-corrected chi connectivity index (χ3v) is 4.41. The minimum Gasteiger partial charge on any atom is -0.497 e. The van der Waals surface area contributed by atoms with E-state index in [9.17, 15) is 9.59 Å². The van der Waals surface area contributed by atoms with Gasteiger partial charge in [-0.05, 0) is 36.6 Å². The molecule has 7 heteroatoms. The van der Waals surface area contributed by atoms with Crippen molar-refractivity contribution in [3.8, 4) is 17.2 Å². The zero-order valence-electron chi connectivity index (χ0n) is 16.8. The zero-order valence-corrected chi connectivity index (χ0v) is 16.8. The van der Waals surface area contributed by atoms with Crippen molar-refractivity contribution in [2.45, 2.75) is 25.8 Å². The number of hydrogen-bond acceptors (Lipinski definition) is 7. The molecule has 3 rings (SSSR count). The largest absolute Gasteiger partial charge is 0.497 e. The van der Waals surface area contributed by atoms with E-state index in [1.807, 2.05) is 13.8 Å². The predicted molar refractivity (Wildman–Crippen MR) is 106 cm³/mol. The molecule has 0 fully saturated rings. The molecule has 0 aromatic heterocycles. The van der Waals surface area contributed by atoms with Crippen LogP contribution in [0.25, 0.3) is 0 Å². The van der Waals surface area contributed by atoms with Crippen molar-refractivity contribution < 1.29 is 28.5 Å². The van der Waals surface area contributed by atoms with E-state index in [2.05, 4.69) is 4.99 Å². The van der Waals surface area contributed by atoms with Crippen LogP contribution in [0.3, 0.4) is 0 Å². The van der Waals surface area contributed by atoms with Crippen LogP contribution in [0.15, 0.2) is 53.5 Å². The highest BCUT2D eigenvalue weighted by Gasteiger charge is 2.54. The Morgan fingerprint density at radius 2 is 1.66 bits per heavy atom. The molecule has 0 aliphatic carbocycles. The number of ether oxygens (including phenoxy) is 4. The summed E-state index contributed by atoms with van der Waals surface area (Å²) in [5.41, 5.74) is -1.30. The van der Waals surface area contributed by atoms with Crippen molar-refractivity contribution in [1.82, 2.24) is 0 Å². The smallest absolute Gasteiger partial charge is 0.352 e. The molecule has 0 spiro atoms. The molecular weight excluding hydrogens is 374 g/mol. The Hall–Kier alpha value is -3.35. The summed E-state index contributed by atoms with van der Waals surface area (Å²) in [6.07, 6.45) is 0.155. The highest BCUT2D eigenvalue weighted by molar-refractivity contribution is 6.17. The van der Waals surface area contributed by atoms with Crippen LogP contribution in [0.1, 0.15) is 25.8 Å². The summed E-state index contributed by atoms with van der Waals surface area (Å²) in [7, 11) is 3.03. The van der Waals surface area contributed by atoms with E-state index in [-0.39, 0.29) is 18.2 Å². The molecule has 1 aliphatic heterocycles. The number of cyclic esters (lactones) is 1. The van der Waals surface area contributed by atoms with Crippen LogP contribution < -0.4 is 14.2 Å². The first-order valence-electron chi connectivity index (χ1n) is 9.21. The van der Waals surface area contributed by atoms with Gasteiger partial charge in [-0.1, -0.05) is 32.0 Å². The Kier molecular flexibility index (Phi) is 5.87. The number of para-hydroxylation sites is 1. The van der Waals surface area contributed by atoms with Crippen LogP contribution in [0.2, 0.25) is 0 Å². The van der Waals surface area contributed by atoms with Crippen molar-refractivity contribution in [2.75, 3.05) is 14.2 Å². The first-order valence-corrected chi connectivity index (χ1v) is 9.21. The number of esters is 2. The van der Waals surface area contributed by atoms with Gasteiger partial charge in [-0.25, -0.2) is 14.6 Å². The molecule has 2 aromatic rings. The van der Waals surface area contributed by atoms with Gasteiger partial charge in [0.25, 0.3) is 5.54 Å². The molecule has 0 unspecified atom stereocenters. The van der Waals surface area contributed by atoms with Crippen LogP contribution in [-0.2, 0) is 14.3 Å². The van der Waals surface area contributed by atoms with E-state index in [0.717, 1.165) is 0 Å². The van der Waals surface area contributed by atoms with E-state index < -0.39 is 17.5 Å². The van der Waals surface area contributed by atoms with Crippen LogP contribution in [0.5, 0.6) is 17.2 Å². The molecule has 0 bridgehead atoms. The Balaban J connectivity index is 2.02. The summed E-state index contributed by atoms with van der Waals surface area (Å²) in [6, 6.07) is 13.6. The topological polar surface area (TPSA) is 83.4 Å². The minimum absolute atomic E-state index is 0.00572. The molecule has 0 N–H and O–H groups in total. The normalized spacial score (nSPS) is 18.2.